The molecule has 6 nitrogen and oxygen atoms in total. The SMILES string of the molecule is CC(C)(C)OC(=O)NC(O)(CCc1cccc(C(F)(F)F)c1)C(=O)O. The Balaban J connectivity index is 2.85. The molecule has 0 aromatic heterocycles. The number of carboxylic acid groups (broad SMARTS) is 1. The van der Waals surface area contributed by atoms with Crippen LogP contribution in [0.4, 0.5) is 18.0 Å². The van der Waals surface area contributed by atoms with Crippen molar-refractivity contribution in [2.24, 2.45) is 0 Å². The van der Waals surface area contributed by atoms with Crippen molar-refractivity contribution in [3.05, 3.63) is 35.4 Å². The third-order valence-electron chi connectivity index (χ3n) is 3.09. The fourth-order valence-corrected chi connectivity index (χ4v) is 1.92. The van der Waals surface area contributed by atoms with Gasteiger partial charge in [-0.3, -0.25) is 5.32 Å². The Morgan fingerprint density at radius 1 is 1.20 bits per heavy atom. The van der Waals surface area contributed by atoms with Gasteiger partial charge in [-0.25, -0.2) is 9.59 Å². The monoisotopic (exact) mass is 363 g/mol. The van der Waals surface area contributed by atoms with E-state index in [-0.39, 0.29) is 12.0 Å². The summed E-state index contributed by atoms with van der Waals surface area (Å²) >= 11 is 0. The summed E-state index contributed by atoms with van der Waals surface area (Å²) in [6, 6.07) is 4.28. The number of hydrogen-bond acceptors (Lipinski definition) is 4. The van der Waals surface area contributed by atoms with Crippen LogP contribution in [0.1, 0.15) is 38.3 Å². The van der Waals surface area contributed by atoms with E-state index in [9.17, 15) is 27.9 Å². The summed E-state index contributed by atoms with van der Waals surface area (Å²) in [6.45, 7) is 4.65. The number of ether oxygens (including phenoxy) is 1. The second-order valence-corrected chi connectivity index (χ2v) is 6.49. The molecule has 1 amide bonds. The average molecular weight is 363 g/mol. The number of aliphatic hydroxyl groups is 1. The van der Waals surface area contributed by atoms with E-state index in [1.54, 1.807) is 20.8 Å². The molecule has 1 atom stereocenters. The molecule has 0 aliphatic carbocycles. The number of alkyl carbamates (subject to hydrolysis) is 1. The fraction of sp³-hybridized carbons (Fsp3) is 0.500. The number of carbonyl (C=O) groups excluding carboxylic acids is 1. The molecule has 1 unspecified atom stereocenters. The highest BCUT2D eigenvalue weighted by Gasteiger charge is 2.39. The molecule has 1 aromatic rings. The summed E-state index contributed by atoms with van der Waals surface area (Å²) < 4.78 is 42.9. The third-order valence-corrected chi connectivity index (χ3v) is 3.09. The van der Waals surface area contributed by atoms with Gasteiger partial charge in [-0.15, -0.1) is 0 Å². The fourth-order valence-electron chi connectivity index (χ4n) is 1.92. The van der Waals surface area contributed by atoms with Crippen molar-refractivity contribution >= 4 is 12.1 Å². The first-order valence-corrected chi connectivity index (χ1v) is 7.36. The van der Waals surface area contributed by atoms with Crippen LogP contribution in [0.15, 0.2) is 24.3 Å². The minimum atomic E-state index is -4.53. The van der Waals surface area contributed by atoms with E-state index in [1.165, 1.54) is 12.1 Å². The maximum absolute atomic E-state index is 12.7. The highest BCUT2D eigenvalue weighted by atomic mass is 19.4. The normalized spacial score (nSPS) is 14.5. The van der Waals surface area contributed by atoms with Gasteiger partial charge in [0.2, 0.25) is 5.72 Å². The quantitative estimate of drug-likeness (QED) is 0.699. The Morgan fingerprint density at radius 3 is 2.28 bits per heavy atom. The maximum Gasteiger partial charge on any atom is 0.416 e. The van der Waals surface area contributed by atoms with Gasteiger partial charge in [0.25, 0.3) is 0 Å². The van der Waals surface area contributed by atoms with Crippen LogP contribution in [0.25, 0.3) is 0 Å². The number of amides is 1. The Hall–Kier alpha value is -2.29. The minimum absolute atomic E-state index is 0.167. The number of aryl methyl sites for hydroxylation is 1. The maximum atomic E-state index is 12.7. The Labute approximate surface area is 142 Å². The van der Waals surface area contributed by atoms with Gasteiger partial charge >= 0.3 is 18.2 Å². The lowest BCUT2D eigenvalue weighted by atomic mass is 10.0. The number of carboxylic acids is 1. The summed E-state index contributed by atoms with van der Waals surface area (Å²) in [7, 11) is 0. The Kier molecular flexibility index (Phi) is 6.06. The number of alkyl halides is 3. The number of halogens is 3. The summed E-state index contributed by atoms with van der Waals surface area (Å²) in [6.07, 6.45) is -6.43. The van der Waals surface area contributed by atoms with Gasteiger partial charge in [-0.1, -0.05) is 18.2 Å². The van der Waals surface area contributed by atoms with E-state index in [2.05, 4.69) is 0 Å². The first-order chi connectivity index (χ1) is 11.2. The number of hydrogen-bond donors (Lipinski definition) is 3. The zero-order valence-corrected chi connectivity index (χ0v) is 14.0. The van der Waals surface area contributed by atoms with E-state index in [0.29, 0.717) is 0 Å². The largest absolute Gasteiger partial charge is 0.478 e. The van der Waals surface area contributed by atoms with Crippen LogP contribution < -0.4 is 5.32 Å². The molecule has 1 rings (SSSR count). The summed E-state index contributed by atoms with van der Waals surface area (Å²) in [4.78, 5) is 22.9. The molecule has 0 aliphatic heterocycles. The molecular formula is C16H20F3NO5. The highest BCUT2D eigenvalue weighted by Crippen LogP contribution is 2.30. The molecule has 0 saturated carbocycles. The Morgan fingerprint density at radius 2 is 1.80 bits per heavy atom. The predicted octanol–water partition coefficient (Wildman–Crippen LogP) is 2.94. The average Bonchev–Trinajstić information content (AvgIpc) is 2.42. The van der Waals surface area contributed by atoms with E-state index in [0.717, 1.165) is 12.1 Å². The van der Waals surface area contributed by atoms with Gasteiger partial charge < -0.3 is 14.9 Å². The number of nitrogens with one attached hydrogen (secondary N) is 1. The number of rotatable bonds is 5. The van der Waals surface area contributed by atoms with E-state index >= 15 is 0 Å². The molecule has 140 valence electrons. The van der Waals surface area contributed by atoms with Gasteiger partial charge in [0.15, 0.2) is 0 Å². The molecule has 1 aromatic carbocycles. The van der Waals surface area contributed by atoms with E-state index in [4.69, 9.17) is 9.84 Å². The van der Waals surface area contributed by atoms with E-state index < -0.39 is 41.5 Å². The molecule has 0 heterocycles. The molecule has 0 bridgehead atoms. The smallest absolute Gasteiger partial charge is 0.416 e. The second kappa shape index (κ2) is 7.30. The molecular weight excluding hydrogens is 343 g/mol. The molecule has 9 heteroatoms. The Bertz CT molecular complexity index is 639. The zero-order chi connectivity index (χ0) is 19.5. The van der Waals surface area contributed by atoms with Crippen LogP contribution in [-0.2, 0) is 22.1 Å². The lowest BCUT2D eigenvalue weighted by Crippen LogP contribution is -2.55. The van der Waals surface area contributed by atoms with Crippen LogP contribution in [0.2, 0.25) is 0 Å². The van der Waals surface area contributed by atoms with Crippen LogP contribution in [0.5, 0.6) is 0 Å². The van der Waals surface area contributed by atoms with Crippen LogP contribution in [-0.4, -0.2) is 33.6 Å². The van der Waals surface area contributed by atoms with Crippen molar-refractivity contribution in [3.63, 3.8) is 0 Å². The molecule has 3 N–H and O–H groups in total. The van der Waals surface area contributed by atoms with Crippen molar-refractivity contribution in [2.45, 2.75) is 51.1 Å². The van der Waals surface area contributed by atoms with Crippen molar-refractivity contribution in [2.75, 3.05) is 0 Å². The number of carbonyl (C=O) groups is 2. The number of benzene rings is 1. The van der Waals surface area contributed by atoms with Crippen LogP contribution >= 0.6 is 0 Å². The van der Waals surface area contributed by atoms with Gasteiger partial charge in [0.05, 0.1) is 5.56 Å². The zero-order valence-electron chi connectivity index (χ0n) is 14.0. The van der Waals surface area contributed by atoms with Crippen molar-refractivity contribution < 1.29 is 37.7 Å². The molecule has 0 saturated heterocycles. The lowest BCUT2D eigenvalue weighted by Gasteiger charge is -2.27. The van der Waals surface area contributed by atoms with Gasteiger partial charge in [0.1, 0.15) is 5.60 Å². The van der Waals surface area contributed by atoms with Gasteiger partial charge in [-0.05, 0) is 38.8 Å². The summed E-state index contributed by atoms with van der Waals surface area (Å²) in [5.41, 5.74) is -4.30. The first kappa shape index (κ1) is 20.8. The first-order valence-electron chi connectivity index (χ1n) is 7.36. The molecule has 0 aliphatic rings. The highest BCUT2D eigenvalue weighted by molar-refractivity contribution is 5.82. The second-order valence-electron chi connectivity index (χ2n) is 6.49. The lowest BCUT2D eigenvalue weighted by molar-refractivity contribution is -0.162. The standard InChI is InChI=1S/C16H20F3NO5/c1-14(2,3)25-13(23)20-15(24,12(21)22)8-7-10-5-4-6-11(9-10)16(17,18)19/h4-6,9,24H,7-8H2,1-3H3,(H,20,23)(H,21,22). The van der Waals surface area contributed by atoms with Crippen molar-refractivity contribution in [1.82, 2.24) is 5.32 Å². The van der Waals surface area contributed by atoms with Crippen molar-refractivity contribution in [1.29, 1.82) is 0 Å². The number of aliphatic carboxylic acids is 1. The van der Waals surface area contributed by atoms with Crippen molar-refractivity contribution in [3.8, 4) is 0 Å². The van der Waals surface area contributed by atoms with Gasteiger partial charge in [-0.2, -0.15) is 13.2 Å². The minimum Gasteiger partial charge on any atom is -0.478 e. The van der Waals surface area contributed by atoms with Gasteiger partial charge in [0, 0.05) is 6.42 Å². The summed E-state index contributed by atoms with van der Waals surface area (Å²) in [5.74, 6) is -1.75. The van der Waals surface area contributed by atoms with E-state index in [1.807, 2.05) is 5.32 Å². The molecule has 0 spiro atoms. The molecule has 0 radical (unpaired) electrons. The predicted molar refractivity (Wildman–Crippen MR) is 81.7 cm³/mol. The van der Waals surface area contributed by atoms with Crippen LogP contribution in [0, 0.1) is 0 Å². The topological polar surface area (TPSA) is 95.9 Å². The van der Waals surface area contributed by atoms with Crippen LogP contribution in [0.3, 0.4) is 0 Å². The molecule has 0 fully saturated rings. The third kappa shape index (κ3) is 6.61. The summed E-state index contributed by atoms with van der Waals surface area (Å²) in [5, 5.41) is 21.1. The molecule has 25 heavy (non-hydrogen) atoms.